The lowest BCUT2D eigenvalue weighted by molar-refractivity contribution is 0.0994. The van der Waals surface area contributed by atoms with Gasteiger partial charge in [-0.2, -0.15) is 0 Å². The highest BCUT2D eigenvalue weighted by Crippen LogP contribution is 2.15. The average molecular weight is 395 g/mol. The molecule has 0 aliphatic heterocycles. The van der Waals surface area contributed by atoms with Crippen LogP contribution in [-0.4, -0.2) is 31.6 Å². The minimum Gasteiger partial charge on any atom is -0.322 e. The van der Waals surface area contributed by atoms with E-state index >= 15 is 0 Å². The van der Waals surface area contributed by atoms with E-state index in [0.717, 1.165) is 0 Å². The molecule has 0 fully saturated rings. The average Bonchev–Trinajstić information content (AvgIpc) is 2.74. The maximum absolute atomic E-state index is 12.4. The van der Waals surface area contributed by atoms with Crippen LogP contribution in [0, 0.1) is 0 Å². The summed E-state index contributed by atoms with van der Waals surface area (Å²) in [6.07, 6.45) is 3.01. The van der Waals surface area contributed by atoms with Gasteiger partial charge >= 0.3 is 0 Å². The third-order valence-corrected chi connectivity index (χ3v) is 5.30. The minimum atomic E-state index is -3.85. The fourth-order valence-electron chi connectivity index (χ4n) is 2.39. The number of sulfonamides is 1. The number of hydrogen-bond donors (Lipinski definition) is 2. The molecule has 2 aromatic carbocycles. The second-order valence-electron chi connectivity index (χ2n) is 5.83. The molecule has 0 bridgehead atoms. The molecule has 1 heterocycles. The summed E-state index contributed by atoms with van der Waals surface area (Å²) in [6.45, 7) is -0.340. The Labute approximate surface area is 162 Å². The van der Waals surface area contributed by atoms with Crippen LogP contribution >= 0.6 is 0 Å². The molecule has 0 saturated carbocycles. The van der Waals surface area contributed by atoms with Crippen LogP contribution in [0.1, 0.15) is 20.7 Å². The molecule has 0 aliphatic carbocycles. The first kappa shape index (κ1) is 19.4. The van der Waals surface area contributed by atoms with Crippen molar-refractivity contribution in [3.8, 4) is 0 Å². The zero-order chi connectivity index (χ0) is 20.0. The maximum atomic E-state index is 12.4. The van der Waals surface area contributed by atoms with Crippen molar-refractivity contribution in [2.24, 2.45) is 0 Å². The predicted molar refractivity (Wildman–Crippen MR) is 105 cm³/mol. The number of benzene rings is 2. The number of carbonyl (C=O) groups excluding carboxylic acids is 2. The smallest absolute Gasteiger partial charge is 0.255 e. The van der Waals surface area contributed by atoms with E-state index in [1.165, 1.54) is 36.7 Å². The Morgan fingerprint density at radius 3 is 2.11 bits per heavy atom. The van der Waals surface area contributed by atoms with E-state index in [1.54, 1.807) is 42.5 Å². The van der Waals surface area contributed by atoms with Crippen molar-refractivity contribution in [1.82, 2.24) is 9.71 Å². The van der Waals surface area contributed by atoms with E-state index in [1.807, 2.05) is 0 Å². The van der Waals surface area contributed by atoms with Crippen molar-refractivity contribution in [2.45, 2.75) is 4.90 Å². The topological polar surface area (TPSA) is 105 Å². The number of pyridine rings is 1. The number of ketones is 1. The van der Waals surface area contributed by atoms with Gasteiger partial charge in [-0.25, -0.2) is 13.1 Å². The first-order chi connectivity index (χ1) is 13.5. The summed E-state index contributed by atoms with van der Waals surface area (Å²) in [5.74, 6) is -0.657. The lowest BCUT2D eigenvalue weighted by Crippen LogP contribution is -2.29. The second-order valence-corrected chi connectivity index (χ2v) is 7.60. The third-order valence-electron chi connectivity index (χ3n) is 3.88. The van der Waals surface area contributed by atoms with Crippen molar-refractivity contribution in [2.75, 3.05) is 11.9 Å². The summed E-state index contributed by atoms with van der Waals surface area (Å²) in [5, 5.41) is 2.67. The molecule has 0 aliphatic rings. The number of rotatable bonds is 7. The normalized spacial score (nSPS) is 11.0. The Kier molecular flexibility index (Phi) is 5.93. The van der Waals surface area contributed by atoms with Crippen molar-refractivity contribution in [3.63, 3.8) is 0 Å². The van der Waals surface area contributed by atoms with Crippen molar-refractivity contribution in [1.29, 1.82) is 0 Å². The first-order valence-electron chi connectivity index (χ1n) is 8.35. The molecular weight excluding hydrogens is 378 g/mol. The number of aromatic nitrogens is 1. The summed E-state index contributed by atoms with van der Waals surface area (Å²) < 4.78 is 27.0. The second kappa shape index (κ2) is 8.55. The Morgan fingerprint density at radius 1 is 0.821 bits per heavy atom. The Morgan fingerprint density at radius 2 is 1.46 bits per heavy atom. The van der Waals surface area contributed by atoms with Gasteiger partial charge in [-0.05, 0) is 36.4 Å². The molecule has 0 radical (unpaired) electrons. The minimum absolute atomic E-state index is 0.00438. The number of amides is 1. The van der Waals surface area contributed by atoms with Crippen LogP contribution in [0.15, 0.2) is 84.0 Å². The van der Waals surface area contributed by atoms with E-state index in [0.29, 0.717) is 16.8 Å². The van der Waals surface area contributed by atoms with Gasteiger partial charge in [0, 0.05) is 29.2 Å². The summed E-state index contributed by atoms with van der Waals surface area (Å²) >= 11 is 0. The van der Waals surface area contributed by atoms with Gasteiger partial charge in [0.25, 0.3) is 5.91 Å². The highest BCUT2D eigenvalue weighted by Gasteiger charge is 2.16. The SMILES string of the molecule is O=C(CNS(=O)(=O)c1ccc(NC(=O)c2ccncc2)cc1)c1ccccc1. The maximum Gasteiger partial charge on any atom is 0.255 e. The highest BCUT2D eigenvalue weighted by molar-refractivity contribution is 7.89. The number of anilines is 1. The molecule has 28 heavy (non-hydrogen) atoms. The molecule has 3 aromatic rings. The lowest BCUT2D eigenvalue weighted by Gasteiger charge is -2.08. The standard InChI is InChI=1S/C20H17N3O4S/c24-19(15-4-2-1-3-5-15)14-22-28(26,27)18-8-6-17(7-9-18)23-20(25)16-10-12-21-13-11-16/h1-13,22H,14H2,(H,23,25). The molecule has 2 N–H and O–H groups in total. The molecular formula is C20H17N3O4S. The fourth-order valence-corrected chi connectivity index (χ4v) is 3.38. The van der Waals surface area contributed by atoms with Crippen LogP contribution in [0.25, 0.3) is 0 Å². The monoisotopic (exact) mass is 395 g/mol. The molecule has 7 nitrogen and oxygen atoms in total. The van der Waals surface area contributed by atoms with Crippen LogP contribution in [0.4, 0.5) is 5.69 Å². The van der Waals surface area contributed by atoms with Gasteiger partial charge in [-0.15, -0.1) is 0 Å². The molecule has 1 amide bonds. The molecule has 0 saturated heterocycles. The lowest BCUT2D eigenvalue weighted by atomic mass is 10.1. The number of carbonyl (C=O) groups is 2. The zero-order valence-corrected chi connectivity index (χ0v) is 15.5. The van der Waals surface area contributed by atoms with Crippen LogP contribution < -0.4 is 10.0 Å². The molecule has 8 heteroatoms. The van der Waals surface area contributed by atoms with Crippen LogP contribution in [0.3, 0.4) is 0 Å². The summed E-state index contributed by atoms with van der Waals surface area (Å²) in [5.41, 5.74) is 1.31. The molecule has 0 unspecified atom stereocenters. The quantitative estimate of drug-likeness (QED) is 0.598. The molecule has 3 rings (SSSR count). The van der Waals surface area contributed by atoms with E-state index in [4.69, 9.17) is 0 Å². The number of hydrogen-bond acceptors (Lipinski definition) is 5. The summed E-state index contributed by atoms with van der Waals surface area (Å²) in [4.78, 5) is 28.0. The van der Waals surface area contributed by atoms with Crippen LogP contribution in [0.5, 0.6) is 0 Å². The van der Waals surface area contributed by atoms with Gasteiger partial charge in [0.2, 0.25) is 10.0 Å². The highest BCUT2D eigenvalue weighted by atomic mass is 32.2. The Balaban J connectivity index is 1.63. The van der Waals surface area contributed by atoms with E-state index in [2.05, 4.69) is 15.0 Å². The van der Waals surface area contributed by atoms with Gasteiger partial charge < -0.3 is 5.32 Å². The van der Waals surface area contributed by atoms with E-state index in [9.17, 15) is 18.0 Å². The Bertz CT molecular complexity index is 1070. The Hall–Kier alpha value is -3.36. The largest absolute Gasteiger partial charge is 0.322 e. The molecule has 142 valence electrons. The molecule has 0 spiro atoms. The number of nitrogens with one attached hydrogen (secondary N) is 2. The van der Waals surface area contributed by atoms with Gasteiger partial charge in [0.15, 0.2) is 5.78 Å². The van der Waals surface area contributed by atoms with Crippen molar-refractivity contribution < 1.29 is 18.0 Å². The van der Waals surface area contributed by atoms with Crippen molar-refractivity contribution in [3.05, 3.63) is 90.3 Å². The number of Topliss-reactive ketones (excluding diaryl/α,β-unsaturated/α-hetero) is 1. The summed E-state index contributed by atoms with van der Waals surface area (Å²) in [6, 6.07) is 17.3. The van der Waals surface area contributed by atoms with Crippen LogP contribution in [-0.2, 0) is 10.0 Å². The predicted octanol–water partition coefficient (Wildman–Crippen LogP) is 2.50. The van der Waals surface area contributed by atoms with Gasteiger partial charge in [0.05, 0.1) is 11.4 Å². The summed E-state index contributed by atoms with van der Waals surface area (Å²) in [7, 11) is -3.85. The van der Waals surface area contributed by atoms with E-state index < -0.39 is 10.0 Å². The molecule has 0 atom stereocenters. The van der Waals surface area contributed by atoms with Gasteiger partial charge in [-0.3, -0.25) is 14.6 Å². The third kappa shape index (κ3) is 4.87. The fraction of sp³-hybridized carbons (Fsp3) is 0.0500. The zero-order valence-electron chi connectivity index (χ0n) is 14.7. The van der Waals surface area contributed by atoms with Gasteiger partial charge in [0.1, 0.15) is 0 Å². The number of nitrogens with zero attached hydrogens (tertiary/aromatic N) is 1. The van der Waals surface area contributed by atoms with Gasteiger partial charge in [-0.1, -0.05) is 30.3 Å². The molecule has 1 aromatic heterocycles. The van der Waals surface area contributed by atoms with E-state index in [-0.39, 0.29) is 23.1 Å². The first-order valence-corrected chi connectivity index (χ1v) is 9.83. The van der Waals surface area contributed by atoms with Crippen molar-refractivity contribution >= 4 is 27.4 Å². The van der Waals surface area contributed by atoms with Crippen LogP contribution in [0.2, 0.25) is 0 Å².